The molecule has 94 valence electrons. The van der Waals surface area contributed by atoms with E-state index in [0.29, 0.717) is 0 Å². The number of aromatic nitrogens is 2. The molecule has 0 unspecified atom stereocenters. The van der Waals surface area contributed by atoms with Crippen molar-refractivity contribution in [3.63, 3.8) is 0 Å². The van der Waals surface area contributed by atoms with Gasteiger partial charge in [0.2, 0.25) is 0 Å². The molecule has 0 saturated heterocycles. The molecule has 2 N–H and O–H groups in total. The van der Waals surface area contributed by atoms with E-state index in [0.717, 1.165) is 31.5 Å². The standard InChI is InChI=1S/C12H12ClIN4/c1-7-11(15-2)16-6-17-12(7)18-10-4-3-8(13)5-9(10)14/h3-6H,1-2H3,(H2,15,16,17,18). The van der Waals surface area contributed by atoms with E-state index in [1.807, 2.05) is 32.2 Å². The molecule has 2 aromatic rings. The third kappa shape index (κ3) is 2.84. The Morgan fingerprint density at radius 1 is 1.22 bits per heavy atom. The highest BCUT2D eigenvalue weighted by molar-refractivity contribution is 14.1. The smallest absolute Gasteiger partial charge is 0.138 e. The van der Waals surface area contributed by atoms with Gasteiger partial charge in [-0.15, -0.1) is 0 Å². The van der Waals surface area contributed by atoms with E-state index in [1.165, 1.54) is 6.33 Å². The van der Waals surface area contributed by atoms with Crippen LogP contribution in [0.2, 0.25) is 5.02 Å². The van der Waals surface area contributed by atoms with Gasteiger partial charge in [-0.3, -0.25) is 0 Å². The van der Waals surface area contributed by atoms with Gasteiger partial charge >= 0.3 is 0 Å². The molecular formula is C12H12ClIN4. The topological polar surface area (TPSA) is 49.8 Å². The monoisotopic (exact) mass is 374 g/mol. The van der Waals surface area contributed by atoms with Crippen molar-refractivity contribution in [2.45, 2.75) is 6.92 Å². The Kier molecular flexibility index (Phi) is 4.23. The maximum atomic E-state index is 5.93. The van der Waals surface area contributed by atoms with Gasteiger partial charge in [-0.05, 0) is 47.7 Å². The fraction of sp³-hybridized carbons (Fsp3) is 0.167. The second-order valence-corrected chi connectivity index (χ2v) is 5.29. The maximum absolute atomic E-state index is 5.93. The molecular weight excluding hydrogens is 363 g/mol. The Hall–Kier alpha value is -1.08. The van der Waals surface area contributed by atoms with Crippen LogP contribution in [0.4, 0.5) is 17.3 Å². The number of halogens is 2. The Morgan fingerprint density at radius 3 is 2.61 bits per heavy atom. The zero-order chi connectivity index (χ0) is 13.1. The predicted octanol–water partition coefficient (Wildman–Crippen LogP) is 3.83. The normalized spacial score (nSPS) is 10.2. The van der Waals surface area contributed by atoms with Crippen molar-refractivity contribution < 1.29 is 0 Å². The van der Waals surface area contributed by atoms with Crippen LogP contribution in [0.25, 0.3) is 0 Å². The van der Waals surface area contributed by atoms with Gasteiger partial charge in [-0.25, -0.2) is 9.97 Å². The SMILES string of the molecule is CNc1ncnc(Nc2ccc(Cl)cc2I)c1C. The molecule has 0 atom stereocenters. The first-order chi connectivity index (χ1) is 8.61. The molecule has 0 fully saturated rings. The molecule has 6 heteroatoms. The number of nitrogens with one attached hydrogen (secondary N) is 2. The molecule has 0 amide bonds. The van der Waals surface area contributed by atoms with Gasteiger partial charge in [-0.2, -0.15) is 0 Å². The molecule has 0 radical (unpaired) electrons. The van der Waals surface area contributed by atoms with E-state index in [2.05, 4.69) is 43.2 Å². The quantitative estimate of drug-likeness (QED) is 0.802. The highest BCUT2D eigenvalue weighted by Crippen LogP contribution is 2.27. The molecule has 4 nitrogen and oxygen atoms in total. The lowest BCUT2D eigenvalue weighted by molar-refractivity contribution is 1.12. The fourth-order valence-corrected chi connectivity index (χ4v) is 2.55. The fourth-order valence-electron chi connectivity index (χ4n) is 1.55. The zero-order valence-corrected chi connectivity index (χ0v) is 12.9. The molecule has 0 spiro atoms. The van der Waals surface area contributed by atoms with Crippen molar-refractivity contribution in [2.24, 2.45) is 0 Å². The molecule has 0 aliphatic carbocycles. The molecule has 18 heavy (non-hydrogen) atoms. The van der Waals surface area contributed by atoms with Crippen molar-refractivity contribution >= 4 is 51.5 Å². The first-order valence-corrected chi connectivity index (χ1v) is 6.79. The van der Waals surface area contributed by atoms with Crippen molar-refractivity contribution in [1.82, 2.24) is 9.97 Å². The Labute approximate surface area is 124 Å². The maximum Gasteiger partial charge on any atom is 0.138 e. The number of nitrogens with zero attached hydrogens (tertiary/aromatic N) is 2. The summed E-state index contributed by atoms with van der Waals surface area (Å²) in [6.45, 7) is 1.97. The van der Waals surface area contributed by atoms with Crippen LogP contribution in [0.5, 0.6) is 0 Å². The Bertz CT molecular complexity index is 574. The number of hydrogen-bond acceptors (Lipinski definition) is 4. The van der Waals surface area contributed by atoms with E-state index in [1.54, 1.807) is 0 Å². The van der Waals surface area contributed by atoms with Gasteiger partial charge in [0.1, 0.15) is 18.0 Å². The van der Waals surface area contributed by atoms with Crippen LogP contribution in [0.1, 0.15) is 5.56 Å². The minimum Gasteiger partial charge on any atom is -0.373 e. The van der Waals surface area contributed by atoms with Gasteiger partial charge in [0.15, 0.2) is 0 Å². The molecule has 1 aromatic heterocycles. The molecule has 1 aromatic carbocycles. The number of benzene rings is 1. The Balaban J connectivity index is 2.34. The lowest BCUT2D eigenvalue weighted by Crippen LogP contribution is -2.03. The van der Waals surface area contributed by atoms with Crippen LogP contribution in [0.3, 0.4) is 0 Å². The molecule has 0 aliphatic heterocycles. The van der Waals surface area contributed by atoms with Gasteiger partial charge in [0.25, 0.3) is 0 Å². The summed E-state index contributed by atoms with van der Waals surface area (Å²) in [5, 5.41) is 7.04. The van der Waals surface area contributed by atoms with Crippen molar-refractivity contribution in [3.8, 4) is 0 Å². The lowest BCUT2D eigenvalue weighted by atomic mass is 10.2. The van der Waals surface area contributed by atoms with Crippen molar-refractivity contribution in [3.05, 3.63) is 38.7 Å². The lowest BCUT2D eigenvalue weighted by Gasteiger charge is -2.12. The highest BCUT2D eigenvalue weighted by Gasteiger charge is 2.07. The molecule has 0 saturated carbocycles. The molecule has 0 bridgehead atoms. The number of hydrogen-bond donors (Lipinski definition) is 2. The van der Waals surface area contributed by atoms with Crippen LogP contribution in [0.15, 0.2) is 24.5 Å². The summed E-state index contributed by atoms with van der Waals surface area (Å²) in [5.74, 6) is 1.60. The second kappa shape index (κ2) is 5.71. The van der Waals surface area contributed by atoms with Crippen LogP contribution >= 0.6 is 34.2 Å². The van der Waals surface area contributed by atoms with Crippen LogP contribution < -0.4 is 10.6 Å². The van der Waals surface area contributed by atoms with E-state index in [4.69, 9.17) is 11.6 Å². The summed E-state index contributed by atoms with van der Waals surface area (Å²) in [5.41, 5.74) is 1.95. The highest BCUT2D eigenvalue weighted by atomic mass is 127. The predicted molar refractivity (Wildman–Crippen MR) is 83.8 cm³/mol. The third-order valence-corrected chi connectivity index (χ3v) is 3.63. The summed E-state index contributed by atoms with van der Waals surface area (Å²) >= 11 is 8.17. The van der Waals surface area contributed by atoms with Crippen LogP contribution in [-0.2, 0) is 0 Å². The summed E-state index contributed by atoms with van der Waals surface area (Å²) in [7, 11) is 1.84. The number of rotatable bonds is 3. The second-order valence-electron chi connectivity index (χ2n) is 3.70. The summed E-state index contributed by atoms with van der Waals surface area (Å²) in [6, 6.07) is 5.69. The van der Waals surface area contributed by atoms with Crippen molar-refractivity contribution in [1.29, 1.82) is 0 Å². The molecule has 2 rings (SSSR count). The average molecular weight is 375 g/mol. The van der Waals surface area contributed by atoms with Crippen LogP contribution in [0, 0.1) is 10.5 Å². The minimum absolute atomic E-state index is 0.722. The molecule has 1 heterocycles. The van der Waals surface area contributed by atoms with E-state index in [-0.39, 0.29) is 0 Å². The van der Waals surface area contributed by atoms with Gasteiger partial charge in [0, 0.05) is 21.2 Å². The van der Waals surface area contributed by atoms with E-state index >= 15 is 0 Å². The van der Waals surface area contributed by atoms with Crippen LogP contribution in [-0.4, -0.2) is 17.0 Å². The largest absolute Gasteiger partial charge is 0.373 e. The zero-order valence-electron chi connectivity index (χ0n) is 9.96. The average Bonchev–Trinajstić information content (AvgIpc) is 2.35. The summed E-state index contributed by atoms with van der Waals surface area (Å²) in [4.78, 5) is 8.40. The summed E-state index contributed by atoms with van der Waals surface area (Å²) < 4.78 is 1.05. The van der Waals surface area contributed by atoms with Gasteiger partial charge in [0.05, 0.1) is 5.69 Å². The van der Waals surface area contributed by atoms with Crippen molar-refractivity contribution in [2.75, 3.05) is 17.7 Å². The minimum atomic E-state index is 0.722. The number of anilines is 3. The first-order valence-electron chi connectivity index (χ1n) is 5.33. The summed E-state index contributed by atoms with van der Waals surface area (Å²) in [6.07, 6.45) is 1.53. The first kappa shape index (κ1) is 13.4. The van der Waals surface area contributed by atoms with E-state index < -0.39 is 0 Å². The Morgan fingerprint density at radius 2 is 1.94 bits per heavy atom. The van der Waals surface area contributed by atoms with Gasteiger partial charge < -0.3 is 10.6 Å². The molecule has 0 aliphatic rings. The van der Waals surface area contributed by atoms with Gasteiger partial charge in [-0.1, -0.05) is 11.6 Å². The van der Waals surface area contributed by atoms with E-state index in [9.17, 15) is 0 Å². The third-order valence-electron chi connectivity index (χ3n) is 2.51.